The number of carbonyl (C=O) groups excluding carboxylic acids is 1. The fourth-order valence-corrected chi connectivity index (χ4v) is 1.80. The molecular weight excluding hydrogens is 254 g/mol. The van der Waals surface area contributed by atoms with Crippen LogP contribution in [0.15, 0.2) is 24.3 Å². The van der Waals surface area contributed by atoms with Crippen LogP contribution < -0.4 is 4.74 Å². The second-order valence-corrected chi connectivity index (χ2v) is 5.92. The number of methoxy groups -OCH3 is 1. The largest absolute Gasteiger partial charge is 0.497 e. The number of benzene rings is 1. The summed E-state index contributed by atoms with van der Waals surface area (Å²) in [4.78, 5) is 13.7. The highest BCUT2D eigenvalue weighted by molar-refractivity contribution is 5.70. The van der Waals surface area contributed by atoms with Gasteiger partial charge in [-0.05, 0) is 45.5 Å². The second-order valence-electron chi connectivity index (χ2n) is 5.92. The van der Waals surface area contributed by atoms with Crippen LogP contribution in [0.5, 0.6) is 5.75 Å². The Kier molecular flexibility index (Phi) is 6.02. The van der Waals surface area contributed by atoms with Crippen molar-refractivity contribution in [3.63, 3.8) is 0 Å². The van der Waals surface area contributed by atoms with Gasteiger partial charge >= 0.3 is 5.97 Å². The van der Waals surface area contributed by atoms with E-state index in [-0.39, 0.29) is 5.97 Å². The summed E-state index contributed by atoms with van der Waals surface area (Å²) in [5, 5.41) is 0. The number of hydrogen-bond acceptors (Lipinski definition) is 4. The zero-order valence-corrected chi connectivity index (χ0v) is 13.1. The van der Waals surface area contributed by atoms with E-state index in [0.29, 0.717) is 13.0 Å². The number of ether oxygens (including phenoxy) is 2. The molecule has 0 saturated carbocycles. The fraction of sp³-hybridized carbons (Fsp3) is 0.562. The smallest absolute Gasteiger partial charge is 0.307 e. The molecule has 1 rings (SSSR count). The zero-order valence-electron chi connectivity index (χ0n) is 13.1. The van der Waals surface area contributed by atoms with Crippen molar-refractivity contribution in [1.82, 2.24) is 4.90 Å². The first kappa shape index (κ1) is 16.5. The first-order valence-electron chi connectivity index (χ1n) is 6.83. The van der Waals surface area contributed by atoms with Gasteiger partial charge < -0.3 is 14.4 Å². The molecule has 0 bridgehead atoms. The summed E-state index contributed by atoms with van der Waals surface area (Å²) in [5.41, 5.74) is 0.781. The molecule has 20 heavy (non-hydrogen) atoms. The minimum Gasteiger partial charge on any atom is -0.497 e. The minimum atomic E-state index is -0.411. The van der Waals surface area contributed by atoms with Gasteiger partial charge in [-0.1, -0.05) is 12.1 Å². The van der Waals surface area contributed by atoms with Crippen molar-refractivity contribution < 1.29 is 14.3 Å². The van der Waals surface area contributed by atoms with E-state index < -0.39 is 5.60 Å². The van der Waals surface area contributed by atoms with Gasteiger partial charge in [0.1, 0.15) is 11.4 Å². The number of rotatable bonds is 6. The predicted octanol–water partition coefficient (Wildman–Crippen LogP) is 2.86. The van der Waals surface area contributed by atoms with E-state index in [0.717, 1.165) is 12.3 Å². The maximum atomic E-state index is 11.6. The van der Waals surface area contributed by atoms with Crippen LogP contribution in [0.1, 0.15) is 32.8 Å². The van der Waals surface area contributed by atoms with E-state index in [1.54, 1.807) is 7.11 Å². The van der Waals surface area contributed by atoms with Crippen LogP contribution in [0.3, 0.4) is 0 Å². The first-order chi connectivity index (χ1) is 9.30. The molecule has 0 aliphatic rings. The summed E-state index contributed by atoms with van der Waals surface area (Å²) in [6.07, 6.45) is 0.407. The van der Waals surface area contributed by atoms with Crippen LogP contribution in [-0.2, 0) is 16.1 Å². The third kappa shape index (κ3) is 6.57. The van der Waals surface area contributed by atoms with Crippen molar-refractivity contribution in [3.05, 3.63) is 29.8 Å². The standard InChI is InChI=1S/C16H25NO3/c1-16(2,3)20-15(18)10-11-17(4)12-13-6-8-14(19-5)9-7-13/h6-9H,10-12H2,1-5H3. The Morgan fingerprint density at radius 3 is 2.30 bits per heavy atom. The molecule has 0 aromatic heterocycles. The molecule has 4 nitrogen and oxygen atoms in total. The molecule has 0 saturated heterocycles. The van der Waals surface area contributed by atoms with Gasteiger partial charge in [-0.2, -0.15) is 0 Å². The van der Waals surface area contributed by atoms with E-state index >= 15 is 0 Å². The Balaban J connectivity index is 2.36. The van der Waals surface area contributed by atoms with Crippen LogP contribution in [0.2, 0.25) is 0 Å². The van der Waals surface area contributed by atoms with Gasteiger partial charge in [-0.3, -0.25) is 4.79 Å². The molecule has 0 aliphatic heterocycles. The van der Waals surface area contributed by atoms with Crippen molar-refractivity contribution in [3.8, 4) is 5.75 Å². The predicted molar refractivity (Wildman–Crippen MR) is 79.8 cm³/mol. The lowest BCUT2D eigenvalue weighted by molar-refractivity contribution is -0.155. The van der Waals surface area contributed by atoms with E-state index in [2.05, 4.69) is 4.90 Å². The van der Waals surface area contributed by atoms with Crippen LogP contribution in [0.25, 0.3) is 0 Å². The number of hydrogen-bond donors (Lipinski definition) is 0. The Morgan fingerprint density at radius 2 is 1.80 bits per heavy atom. The van der Waals surface area contributed by atoms with Crippen LogP contribution in [-0.4, -0.2) is 37.2 Å². The van der Waals surface area contributed by atoms with E-state index in [9.17, 15) is 4.79 Å². The Bertz CT molecular complexity index is 420. The summed E-state index contributed by atoms with van der Waals surface area (Å²) in [6.45, 7) is 7.12. The molecule has 4 heteroatoms. The molecule has 112 valence electrons. The molecule has 1 aromatic rings. The topological polar surface area (TPSA) is 38.8 Å². The van der Waals surface area contributed by atoms with Gasteiger partial charge in [0.05, 0.1) is 13.5 Å². The highest BCUT2D eigenvalue weighted by Gasteiger charge is 2.16. The molecule has 0 heterocycles. The third-order valence-corrected chi connectivity index (χ3v) is 2.73. The number of nitrogens with zero attached hydrogens (tertiary/aromatic N) is 1. The molecule has 0 amide bonds. The molecular formula is C16H25NO3. The average molecular weight is 279 g/mol. The van der Waals surface area contributed by atoms with Crippen molar-refractivity contribution in [2.75, 3.05) is 20.7 Å². The maximum Gasteiger partial charge on any atom is 0.307 e. The van der Waals surface area contributed by atoms with E-state index in [4.69, 9.17) is 9.47 Å². The Morgan fingerprint density at radius 1 is 1.20 bits per heavy atom. The minimum absolute atomic E-state index is 0.154. The molecule has 0 unspecified atom stereocenters. The normalized spacial score (nSPS) is 11.5. The van der Waals surface area contributed by atoms with Gasteiger partial charge in [-0.15, -0.1) is 0 Å². The lowest BCUT2D eigenvalue weighted by atomic mass is 10.2. The van der Waals surface area contributed by atoms with Crippen molar-refractivity contribution in [2.24, 2.45) is 0 Å². The Hall–Kier alpha value is -1.55. The summed E-state index contributed by atoms with van der Waals surface area (Å²) in [7, 11) is 3.65. The average Bonchev–Trinajstić information content (AvgIpc) is 2.35. The molecule has 0 atom stereocenters. The van der Waals surface area contributed by atoms with E-state index in [1.807, 2.05) is 52.1 Å². The summed E-state index contributed by atoms with van der Waals surface area (Å²) >= 11 is 0. The summed E-state index contributed by atoms with van der Waals surface area (Å²) in [6, 6.07) is 7.94. The first-order valence-corrected chi connectivity index (χ1v) is 6.83. The maximum absolute atomic E-state index is 11.6. The van der Waals surface area contributed by atoms with Gasteiger partial charge in [0, 0.05) is 13.1 Å². The van der Waals surface area contributed by atoms with Crippen LogP contribution >= 0.6 is 0 Å². The molecule has 0 N–H and O–H groups in total. The fourth-order valence-electron chi connectivity index (χ4n) is 1.80. The van der Waals surface area contributed by atoms with Crippen molar-refractivity contribution in [1.29, 1.82) is 0 Å². The quantitative estimate of drug-likeness (QED) is 0.751. The number of esters is 1. The molecule has 0 spiro atoms. The number of carbonyl (C=O) groups is 1. The van der Waals surface area contributed by atoms with Gasteiger partial charge in [0.25, 0.3) is 0 Å². The Labute approximate surface area is 121 Å². The molecule has 1 aromatic carbocycles. The molecule has 0 fully saturated rings. The molecule has 0 aliphatic carbocycles. The second kappa shape index (κ2) is 7.29. The van der Waals surface area contributed by atoms with Gasteiger partial charge in [0.15, 0.2) is 0 Å². The summed E-state index contributed by atoms with van der Waals surface area (Å²) < 4.78 is 10.4. The molecule has 0 radical (unpaired) electrons. The lowest BCUT2D eigenvalue weighted by Crippen LogP contribution is -2.27. The van der Waals surface area contributed by atoms with Crippen LogP contribution in [0, 0.1) is 0 Å². The lowest BCUT2D eigenvalue weighted by Gasteiger charge is -2.21. The van der Waals surface area contributed by atoms with Crippen molar-refractivity contribution >= 4 is 5.97 Å². The highest BCUT2D eigenvalue weighted by Crippen LogP contribution is 2.13. The van der Waals surface area contributed by atoms with Crippen molar-refractivity contribution in [2.45, 2.75) is 39.3 Å². The zero-order chi connectivity index (χ0) is 15.2. The monoisotopic (exact) mass is 279 g/mol. The summed E-state index contributed by atoms with van der Waals surface area (Å²) in [5.74, 6) is 0.698. The van der Waals surface area contributed by atoms with Crippen LogP contribution in [0.4, 0.5) is 0 Å². The SMILES string of the molecule is COc1ccc(CN(C)CCC(=O)OC(C)(C)C)cc1. The van der Waals surface area contributed by atoms with Gasteiger partial charge in [-0.25, -0.2) is 0 Å². The van der Waals surface area contributed by atoms with E-state index in [1.165, 1.54) is 5.56 Å². The third-order valence-electron chi connectivity index (χ3n) is 2.73. The highest BCUT2D eigenvalue weighted by atomic mass is 16.6. The van der Waals surface area contributed by atoms with Gasteiger partial charge in [0.2, 0.25) is 0 Å².